The molecule has 1 aliphatic rings. The van der Waals surface area contributed by atoms with Crippen LogP contribution in [-0.2, 0) is 16.1 Å². The van der Waals surface area contributed by atoms with Gasteiger partial charge in [-0.2, -0.15) is 0 Å². The zero-order chi connectivity index (χ0) is 17.2. The highest BCUT2D eigenvalue weighted by Crippen LogP contribution is 2.10. The topological polar surface area (TPSA) is 82.7 Å². The third-order valence-electron chi connectivity index (χ3n) is 3.61. The van der Waals surface area contributed by atoms with Crippen molar-refractivity contribution < 1.29 is 14.3 Å². The molecule has 7 nitrogen and oxygen atoms in total. The molecule has 1 aliphatic heterocycles. The van der Waals surface area contributed by atoms with Gasteiger partial charge in [-0.3, -0.25) is 9.69 Å². The number of hydrogen-bond acceptors (Lipinski definition) is 4. The van der Waals surface area contributed by atoms with Gasteiger partial charge in [0.05, 0.1) is 19.8 Å². The van der Waals surface area contributed by atoms with Gasteiger partial charge in [0.2, 0.25) is 5.91 Å². The fraction of sp³-hybridized carbons (Fsp3) is 0.500. The summed E-state index contributed by atoms with van der Waals surface area (Å²) in [6.07, 6.45) is 0. The van der Waals surface area contributed by atoms with Crippen LogP contribution in [0.1, 0.15) is 5.56 Å². The van der Waals surface area contributed by atoms with Gasteiger partial charge in [0, 0.05) is 37.7 Å². The second-order valence-electron chi connectivity index (χ2n) is 5.47. The van der Waals surface area contributed by atoms with Crippen molar-refractivity contribution in [3.05, 3.63) is 34.9 Å². The fourth-order valence-corrected chi connectivity index (χ4v) is 2.51. The van der Waals surface area contributed by atoms with E-state index in [4.69, 9.17) is 16.3 Å². The SMILES string of the molecule is O=C(CNC(=O)NCc1cccc(Cl)c1)NCCN1CCOCC1. The minimum atomic E-state index is -0.390. The Morgan fingerprint density at radius 2 is 1.96 bits per heavy atom. The zero-order valence-electron chi connectivity index (χ0n) is 13.5. The molecular formula is C16H23ClN4O3. The van der Waals surface area contributed by atoms with Crippen molar-refractivity contribution in [1.29, 1.82) is 0 Å². The number of urea groups is 1. The van der Waals surface area contributed by atoms with Crippen LogP contribution in [0.25, 0.3) is 0 Å². The molecule has 3 amide bonds. The number of carbonyl (C=O) groups is 2. The summed E-state index contributed by atoms with van der Waals surface area (Å²) in [7, 11) is 0. The minimum absolute atomic E-state index is 0.0511. The van der Waals surface area contributed by atoms with Crippen LogP contribution in [-0.4, -0.2) is 62.8 Å². The van der Waals surface area contributed by atoms with E-state index in [1.165, 1.54) is 0 Å². The number of morpholine rings is 1. The van der Waals surface area contributed by atoms with Gasteiger partial charge >= 0.3 is 6.03 Å². The molecule has 0 spiro atoms. The van der Waals surface area contributed by atoms with E-state index in [1.807, 2.05) is 12.1 Å². The number of hydrogen-bond donors (Lipinski definition) is 3. The highest BCUT2D eigenvalue weighted by atomic mass is 35.5. The number of benzene rings is 1. The first kappa shape index (κ1) is 18.5. The molecule has 2 rings (SSSR count). The number of nitrogens with zero attached hydrogens (tertiary/aromatic N) is 1. The lowest BCUT2D eigenvalue weighted by Crippen LogP contribution is -2.45. The molecule has 24 heavy (non-hydrogen) atoms. The van der Waals surface area contributed by atoms with E-state index in [1.54, 1.807) is 12.1 Å². The largest absolute Gasteiger partial charge is 0.379 e. The molecule has 1 heterocycles. The maximum Gasteiger partial charge on any atom is 0.315 e. The molecule has 0 radical (unpaired) electrons. The summed E-state index contributed by atoms with van der Waals surface area (Å²) in [6, 6.07) is 6.84. The van der Waals surface area contributed by atoms with Gasteiger partial charge in [-0.15, -0.1) is 0 Å². The molecule has 0 bridgehead atoms. The van der Waals surface area contributed by atoms with Crippen LogP contribution in [0, 0.1) is 0 Å². The van der Waals surface area contributed by atoms with Crippen LogP contribution in [0.15, 0.2) is 24.3 Å². The first-order valence-corrected chi connectivity index (χ1v) is 8.34. The molecule has 3 N–H and O–H groups in total. The Morgan fingerprint density at radius 1 is 1.17 bits per heavy atom. The second-order valence-corrected chi connectivity index (χ2v) is 5.91. The summed E-state index contributed by atoms with van der Waals surface area (Å²) in [6.45, 7) is 4.90. The van der Waals surface area contributed by atoms with Gasteiger partial charge in [-0.1, -0.05) is 23.7 Å². The Labute approximate surface area is 146 Å². The monoisotopic (exact) mass is 354 g/mol. The first-order valence-electron chi connectivity index (χ1n) is 7.96. The molecular weight excluding hydrogens is 332 g/mol. The number of amides is 3. The van der Waals surface area contributed by atoms with E-state index in [9.17, 15) is 9.59 Å². The maximum absolute atomic E-state index is 11.7. The third-order valence-corrected chi connectivity index (χ3v) is 3.84. The summed E-state index contributed by atoms with van der Waals surface area (Å²) in [5.41, 5.74) is 0.896. The molecule has 1 fully saturated rings. The molecule has 0 saturated carbocycles. The van der Waals surface area contributed by atoms with E-state index < -0.39 is 6.03 Å². The Hall–Kier alpha value is -1.83. The number of nitrogens with one attached hydrogen (secondary N) is 3. The lowest BCUT2D eigenvalue weighted by atomic mass is 10.2. The normalized spacial score (nSPS) is 14.9. The Kier molecular flexibility index (Phi) is 7.81. The van der Waals surface area contributed by atoms with Crippen molar-refractivity contribution in [3.63, 3.8) is 0 Å². The van der Waals surface area contributed by atoms with Crippen LogP contribution >= 0.6 is 11.6 Å². The smallest absolute Gasteiger partial charge is 0.315 e. The molecule has 1 aromatic rings. The standard InChI is InChI=1S/C16H23ClN4O3/c17-14-3-1-2-13(10-14)11-19-16(23)20-12-15(22)18-4-5-21-6-8-24-9-7-21/h1-3,10H,4-9,11-12H2,(H,18,22)(H2,19,20,23). The van der Waals surface area contributed by atoms with Crippen LogP contribution in [0.2, 0.25) is 5.02 Å². The Morgan fingerprint density at radius 3 is 2.71 bits per heavy atom. The number of carbonyl (C=O) groups excluding carboxylic acids is 2. The molecule has 0 unspecified atom stereocenters. The molecule has 0 aliphatic carbocycles. The van der Waals surface area contributed by atoms with E-state index in [2.05, 4.69) is 20.9 Å². The number of halogens is 1. The molecule has 0 atom stereocenters. The summed E-state index contributed by atoms with van der Waals surface area (Å²) < 4.78 is 5.26. The zero-order valence-corrected chi connectivity index (χ0v) is 14.3. The van der Waals surface area contributed by atoms with Gasteiger partial charge in [-0.25, -0.2) is 4.79 Å². The van der Waals surface area contributed by atoms with E-state index in [0.717, 1.165) is 38.4 Å². The summed E-state index contributed by atoms with van der Waals surface area (Å²) in [5.74, 6) is -0.207. The average Bonchev–Trinajstić information content (AvgIpc) is 2.59. The van der Waals surface area contributed by atoms with Crippen molar-refractivity contribution in [2.75, 3.05) is 45.9 Å². The van der Waals surface area contributed by atoms with E-state index in [-0.39, 0.29) is 12.5 Å². The van der Waals surface area contributed by atoms with Gasteiger partial charge in [0.15, 0.2) is 0 Å². The number of rotatable bonds is 7. The number of ether oxygens (including phenoxy) is 1. The second kappa shape index (κ2) is 10.1. The first-order chi connectivity index (χ1) is 11.6. The lowest BCUT2D eigenvalue weighted by Gasteiger charge is -2.26. The van der Waals surface area contributed by atoms with Crippen LogP contribution in [0.4, 0.5) is 4.79 Å². The van der Waals surface area contributed by atoms with Crippen LogP contribution in [0.3, 0.4) is 0 Å². The van der Waals surface area contributed by atoms with Crippen LogP contribution < -0.4 is 16.0 Å². The summed E-state index contributed by atoms with van der Waals surface area (Å²) in [5, 5.41) is 8.61. The average molecular weight is 355 g/mol. The van der Waals surface area contributed by atoms with Gasteiger partial charge in [-0.05, 0) is 17.7 Å². The molecule has 132 valence electrons. The van der Waals surface area contributed by atoms with E-state index in [0.29, 0.717) is 18.1 Å². The Balaban J connectivity index is 1.54. The molecule has 1 aromatic carbocycles. The molecule has 0 aromatic heterocycles. The Bertz CT molecular complexity index is 550. The molecule has 8 heteroatoms. The van der Waals surface area contributed by atoms with Gasteiger partial charge in [0.25, 0.3) is 0 Å². The van der Waals surface area contributed by atoms with Crippen molar-refractivity contribution in [2.24, 2.45) is 0 Å². The van der Waals surface area contributed by atoms with Crippen molar-refractivity contribution in [2.45, 2.75) is 6.54 Å². The fourth-order valence-electron chi connectivity index (χ4n) is 2.29. The van der Waals surface area contributed by atoms with Gasteiger partial charge in [0.1, 0.15) is 0 Å². The van der Waals surface area contributed by atoms with Crippen molar-refractivity contribution >= 4 is 23.5 Å². The molecule has 1 saturated heterocycles. The summed E-state index contributed by atoms with van der Waals surface area (Å²) in [4.78, 5) is 25.6. The quantitative estimate of drug-likeness (QED) is 0.669. The highest BCUT2D eigenvalue weighted by Gasteiger charge is 2.10. The van der Waals surface area contributed by atoms with E-state index >= 15 is 0 Å². The minimum Gasteiger partial charge on any atom is -0.379 e. The summed E-state index contributed by atoms with van der Waals surface area (Å²) >= 11 is 5.88. The van der Waals surface area contributed by atoms with Crippen molar-refractivity contribution in [1.82, 2.24) is 20.9 Å². The highest BCUT2D eigenvalue weighted by molar-refractivity contribution is 6.30. The third kappa shape index (κ3) is 7.16. The lowest BCUT2D eigenvalue weighted by molar-refractivity contribution is -0.120. The van der Waals surface area contributed by atoms with Crippen molar-refractivity contribution in [3.8, 4) is 0 Å². The maximum atomic E-state index is 11.7. The predicted octanol–water partition coefficient (Wildman–Crippen LogP) is 0.588. The van der Waals surface area contributed by atoms with Crippen LogP contribution in [0.5, 0.6) is 0 Å². The predicted molar refractivity (Wildman–Crippen MR) is 92.0 cm³/mol. The van der Waals surface area contributed by atoms with Gasteiger partial charge < -0.3 is 20.7 Å².